The lowest BCUT2D eigenvalue weighted by molar-refractivity contribution is 0.509. The van der Waals surface area contributed by atoms with Crippen LogP contribution >= 0.6 is 0 Å². The number of pyridine rings is 1. The molecule has 4 aromatic rings. The Morgan fingerprint density at radius 3 is 2.68 bits per heavy atom. The van der Waals surface area contributed by atoms with Crippen LogP contribution in [0, 0.1) is 11.6 Å². The minimum absolute atomic E-state index is 0.0953. The molecule has 0 amide bonds. The maximum Gasteiger partial charge on any atom is 0.263 e. The van der Waals surface area contributed by atoms with E-state index in [2.05, 4.69) is 30.2 Å². The maximum absolute atomic E-state index is 13.3. The zero-order valence-electron chi connectivity index (χ0n) is 15.8. The van der Waals surface area contributed by atoms with Crippen molar-refractivity contribution in [2.45, 2.75) is 11.3 Å². The number of furan rings is 1. The van der Waals surface area contributed by atoms with E-state index in [0.29, 0.717) is 36.2 Å². The summed E-state index contributed by atoms with van der Waals surface area (Å²) in [7, 11) is -4.00. The maximum atomic E-state index is 13.3. The summed E-state index contributed by atoms with van der Waals surface area (Å²) in [6, 6.07) is 9.07. The Labute approximate surface area is 175 Å². The summed E-state index contributed by atoms with van der Waals surface area (Å²) in [4.78, 5) is 8.27. The average molecular weight is 446 g/mol. The van der Waals surface area contributed by atoms with Gasteiger partial charge in [0, 0.05) is 25.2 Å². The van der Waals surface area contributed by atoms with Crippen molar-refractivity contribution in [1.29, 1.82) is 0 Å². The molecule has 0 aliphatic carbocycles. The number of halogens is 2. The third-order valence-electron chi connectivity index (χ3n) is 4.16. The largest absolute Gasteiger partial charge is 0.461 e. The SMILES string of the molecule is O=S(=O)(Nc1ccc(F)c(F)c1)c1ccc(NCCc2nc(-c3ccco3)n[nH]2)nc1. The van der Waals surface area contributed by atoms with E-state index in [0.717, 1.165) is 24.4 Å². The number of H-pyrrole nitrogens is 1. The van der Waals surface area contributed by atoms with Crippen LogP contribution in [0.25, 0.3) is 11.6 Å². The minimum Gasteiger partial charge on any atom is -0.461 e. The summed E-state index contributed by atoms with van der Waals surface area (Å²) in [5.41, 5.74) is -0.0953. The number of benzene rings is 1. The van der Waals surface area contributed by atoms with Gasteiger partial charge in [-0.2, -0.15) is 5.10 Å². The Balaban J connectivity index is 1.34. The second kappa shape index (κ2) is 8.52. The van der Waals surface area contributed by atoms with Crippen molar-refractivity contribution in [2.24, 2.45) is 0 Å². The van der Waals surface area contributed by atoms with E-state index in [-0.39, 0.29) is 10.6 Å². The summed E-state index contributed by atoms with van der Waals surface area (Å²) in [6.45, 7) is 0.471. The lowest BCUT2D eigenvalue weighted by atomic mass is 10.3. The molecule has 3 N–H and O–H groups in total. The van der Waals surface area contributed by atoms with E-state index in [9.17, 15) is 17.2 Å². The van der Waals surface area contributed by atoms with Crippen LogP contribution in [0.5, 0.6) is 0 Å². The van der Waals surface area contributed by atoms with E-state index < -0.39 is 21.7 Å². The molecule has 9 nitrogen and oxygen atoms in total. The number of aromatic nitrogens is 4. The van der Waals surface area contributed by atoms with E-state index in [1.54, 1.807) is 12.1 Å². The summed E-state index contributed by atoms with van der Waals surface area (Å²) >= 11 is 0. The molecule has 0 atom stereocenters. The summed E-state index contributed by atoms with van der Waals surface area (Å²) < 4.78 is 58.5. The third-order valence-corrected chi connectivity index (χ3v) is 5.53. The highest BCUT2D eigenvalue weighted by Crippen LogP contribution is 2.19. The Morgan fingerprint density at radius 1 is 1.10 bits per heavy atom. The van der Waals surface area contributed by atoms with Gasteiger partial charge in [0.1, 0.15) is 16.5 Å². The minimum atomic E-state index is -4.00. The predicted molar refractivity (Wildman–Crippen MR) is 108 cm³/mol. The molecule has 0 saturated carbocycles. The second-order valence-electron chi connectivity index (χ2n) is 6.37. The van der Waals surface area contributed by atoms with Crippen LogP contribution in [0.3, 0.4) is 0 Å². The van der Waals surface area contributed by atoms with Gasteiger partial charge in [0.05, 0.1) is 12.0 Å². The average Bonchev–Trinajstić information content (AvgIpc) is 3.43. The highest BCUT2D eigenvalue weighted by atomic mass is 32.2. The first-order chi connectivity index (χ1) is 14.9. The van der Waals surface area contributed by atoms with Crippen LogP contribution in [-0.2, 0) is 16.4 Å². The molecule has 3 aromatic heterocycles. The summed E-state index contributed by atoms with van der Waals surface area (Å²) in [6.07, 6.45) is 3.22. The monoisotopic (exact) mass is 446 g/mol. The number of rotatable bonds is 8. The van der Waals surface area contributed by atoms with Crippen molar-refractivity contribution in [1.82, 2.24) is 20.2 Å². The molecular weight excluding hydrogens is 430 g/mol. The molecule has 0 radical (unpaired) electrons. The molecule has 31 heavy (non-hydrogen) atoms. The van der Waals surface area contributed by atoms with Crippen LogP contribution in [0.4, 0.5) is 20.3 Å². The summed E-state index contributed by atoms with van der Waals surface area (Å²) in [5, 5.41) is 9.95. The molecule has 3 heterocycles. The zero-order valence-corrected chi connectivity index (χ0v) is 16.7. The van der Waals surface area contributed by atoms with Crippen LogP contribution in [-0.4, -0.2) is 35.1 Å². The van der Waals surface area contributed by atoms with E-state index in [4.69, 9.17) is 4.42 Å². The lowest BCUT2D eigenvalue weighted by Crippen LogP contribution is -2.14. The first-order valence-corrected chi connectivity index (χ1v) is 10.5. The fourth-order valence-corrected chi connectivity index (χ4v) is 3.64. The standard InChI is InChI=1S/C19H16F2N6O3S/c20-14-5-3-12(10-15(14)21)27-31(28,29)13-4-6-17(23-11-13)22-8-7-18-24-19(26-25-18)16-2-1-9-30-16/h1-6,9-11,27H,7-8H2,(H,22,23)(H,24,25,26). The van der Waals surface area contributed by atoms with Crippen LogP contribution in [0.2, 0.25) is 0 Å². The molecule has 160 valence electrons. The van der Waals surface area contributed by atoms with Crippen molar-refractivity contribution < 1.29 is 21.6 Å². The van der Waals surface area contributed by atoms with Crippen molar-refractivity contribution in [3.63, 3.8) is 0 Å². The third kappa shape index (κ3) is 4.86. The molecule has 1 aromatic carbocycles. The first kappa shape index (κ1) is 20.5. The topological polar surface area (TPSA) is 126 Å². The number of aromatic amines is 1. The van der Waals surface area contributed by atoms with E-state index in [1.807, 2.05) is 0 Å². The molecule has 0 saturated heterocycles. The van der Waals surface area contributed by atoms with Crippen molar-refractivity contribution in [3.8, 4) is 11.6 Å². The number of hydrogen-bond acceptors (Lipinski definition) is 7. The Hall–Kier alpha value is -3.80. The predicted octanol–water partition coefficient (Wildman–Crippen LogP) is 3.19. The fraction of sp³-hybridized carbons (Fsp3) is 0.105. The highest BCUT2D eigenvalue weighted by Gasteiger charge is 2.16. The van der Waals surface area contributed by atoms with Gasteiger partial charge in [0.15, 0.2) is 17.4 Å². The van der Waals surface area contributed by atoms with E-state index in [1.165, 1.54) is 18.4 Å². The van der Waals surface area contributed by atoms with Gasteiger partial charge >= 0.3 is 0 Å². The van der Waals surface area contributed by atoms with Gasteiger partial charge in [-0.3, -0.25) is 9.82 Å². The van der Waals surface area contributed by atoms with Gasteiger partial charge in [-0.15, -0.1) is 0 Å². The van der Waals surface area contributed by atoms with Gasteiger partial charge in [0.2, 0.25) is 5.82 Å². The van der Waals surface area contributed by atoms with E-state index >= 15 is 0 Å². The molecule has 0 aliphatic rings. The highest BCUT2D eigenvalue weighted by molar-refractivity contribution is 7.92. The molecule has 0 unspecified atom stereocenters. The van der Waals surface area contributed by atoms with Crippen molar-refractivity contribution in [3.05, 3.63) is 72.4 Å². The van der Waals surface area contributed by atoms with Crippen molar-refractivity contribution >= 4 is 21.5 Å². The Bertz CT molecular complexity index is 1270. The number of anilines is 2. The number of nitrogens with one attached hydrogen (secondary N) is 3. The van der Waals surface area contributed by atoms with Crippen LogP contribution < -0.4 is 10.0 Å². The van der Waals surface area contributed by atoms with Crippen molar-refractivity contribution in [2.75, 3.05) is 16.6 Å². The first-order valence-electron chi connectivity index (χ1n) is 9.04. The molecule has 0 bridgehead atoms. The number of hydrogen-bond donors (Lipinski definition) is 3. The zero-order chi connectivity index (χ0) is 21.8. The smallest absolute Gasteiger partial charge is 0.263 e. The summed E-state index contributed by atoms with van der Waals surface area (Å²) in [5.74, 6) is -0.0954. The number of nitrogens with zero attached hydrogens (tertiary/aromatic N) is 3. The van der Waals surface area contributed by atoms with Gasteiger partial charge in [0.25, 0.3) is 10.0 Å². The molecule has 0 spiro atoms. The van der Waals surface area contributed by atoms with Crippen LogP contribution in [0.1, 0.15) is 5.82 Å². The quantitative estimate of drug-likeness (QED) is 0.379. The molecular formula is C19H16F2N6O3S. The molecule has 4 rings (SSSR count). The van der Waals surface area contributed by atoms with Crippen LogP contribution in [0.15, 0.2) is 64.2 Å². The number of sulfonamides is 1. The van der Waals surface area contributed by atoms with Gasteiger partial charge in [-0.25, -0.2) is 27.2 Å². The Kier molecular flexibility index (Phi) is 5.62. The van der Waals surface area contributed by atoms with Gasteiger partial charge in [-0.05, 0) is 36.4 Å². The van der Waals surface area contributed by atoms with Gasteiger partial charge in [-0.1, -0.05) is 0 Å². The molecule has 0 aliphatic heterocycles. The second-order valence-corrected chi connectivity index (χ2v) is 8.06. The van der Waals surface area contributed by atoms with Gasteiger partial charge < -0.3 is 9.73 Å². The lowest BCUT2D eigenvalue weighted by Gasteiger charge is -2.09. The fourth-order valence-electron chi connectivity index (χ4n) is 2.65. The molecule has 0 fully saturated rings. The Morgan fingerprint density at radius 2 is 1.97 bits per heavy atom. The normalized spacial score (nSPS) is 11.4. The molecule has 12 heteroatoms.